The number of primary amides is 1. The molecule has 1 unspecified atom stereocenters. The smallest absolute Gasteiger partial charge is 0.332 e. The third kappa shape index (κ3) is 5.16. The second-order valence-corrected chi connectivity index (χ2v) is 7.44. The molecule has 3 aromatic carbocycles. The van der Waals surface area contributed by atoms with Crippen molar-refractivity contribution in [1.82, 2.24) is 5.43 Å². The standard InChI is InChI=1S/C25H24N4O5/c1-32-23-12-16(13-27-28-25(26)31)10-11-22(23)33-14-17(30)15-34-29-24-20-8-4-2-6-18(20)19-7-3-5-9-21(19)24/h2-13,17,30H,14-15H2,1H3,(H3,26,28,31). The van der Waals surface area contributed by atoms with Gasteiger partial charge in [-0.3, -0.25) is 0 Å². The molecule has 0 heterocycles. The Morgan fingerprint density at radius 3 is 2.26 bits per heavy atom. The molecular weight excluding hydrogens is 436 g/mol. The van der Waals surface area contributed by atoms with Crippen LogP contribution in [-0.2, 0) is 4.84 Å². The van der Waals surface area contributed by atoms with Crippen LogP contribution in [0.3, 0.4) is 0 Å². The highest BCUT2D eigenvalue weighted by atomic mass is 16.6. The number of rotatable bonds is 9. The maximum Gasteiger partial charge on any atom is 0.332 e. The molecule has 1 atom stereocenters. The first-order chi connectivity index (χ1) is 16.6. The van der Waals surface area contributed by atoms with Crippen LogP contribution in [0.2, 0.25) is 0 Å². The highest BCUT2D eigenvalue weighted by molar-refractivity contribution is 6.24. The lowest BCUT2D eigenvalue weighted by Crippen LogP contribution is -2.24. The Morgan fingerprint density at radius 1 is 1.00 bits per heavy atom. The van der Waals surface area contributed by atoms with E-state index in [2.05, 4.69) is 27.8 Å². The Labute approximate surface area is 196 Å². The number of methoxy groups -OCH3 is 1. The van der Waals surface area contributed by atoms with Crippen molar-refractivity contribution in [2.75, 3.05) is 20.3 Å². The van der Waals surface area contributed by atoms with Crippen molar-refractivity contribution < 1.29 is 24.2 Å². The van der Waals surface area contributed by atoms with E-state index in [-0.39, 0.29) is 13.2 Å². The molecule has 0 radical (unpaired) electrons. The van der Waals surface area contributed by atoms with E-state index in [0.717, 1.165) is 28.0 Å². The fraction of sp³-hybridized carbons (Fsp3) is 0.160. The number of fused-ring (bicyclic) bond motifs is 3. The number of ether oxygens (including phenoxy) is 2. The number of amides is 2. The number of hydrogen-bond acceptors (Lipinski definition) is 7. The molecule has 0 spiro atoms. The van der Waals surface area contributed by atoms with Gasteiger partial charge in [0.2, 0.25) is 0 Å². The van der Waals surface area contributed by atoms with E-state index in [1.54, 1.807) is 18.2 Å². The van der Waals surface area contributed by atoms with Gasteiger partial charge in [0, 0.05) is 11.1 Å². The Morgan fingerprint density at radius 2 is 1.65 bits per heavy atom. The SMILES string of the molecule is COc1cc(C=NNC(N)=O)ccc1OCC(O)CON=C1c2ccccc2-c2ccccc21. The topological polar surface area (TPSA) is 128 Å². The number of benzene rings is 3. The van der Waals surface area contributed by atoms with Crippen molar-refractivity contribution >= 4 is 18.0 Å². The number of urea groups is 1. The number of carbonyl (C=O) groups excluding carboxylic acids is 1. The van der Waals surface area contributed by atoms with Crippen LogP contribution in [0.15, 0.2) is 77.0 Å². The lowest BCUT2D eigenvalue weighted by atomic mass is 10.1. The van der Waals surface area contributed by atoms with Gasteiger partial charge < -0.3 is 25.2 Å². The summed E-state index contributed by atoms with van der Waals surface area (Å²) in [6, 6.07) is 20.3. The lowest BCUT2D eigenvalue weighted by molar-refractivity contribution is 0.0140. The summed E-state index contributed by atoms with van der Waals surface area (Å²) >= 11 is 0. The van der Waals surface area contributed by atoms with E-state index in [9.17, 15) is 9.90 Å². The summed E-state index contributed by atoms with van der Waals surface area (Å²) in [6.45, 7) is -0.0648. The summed E-state index contributed by atoms with van der Waals surface area (Å²) in [6.07, 6.45) is 0.500. The van der Waals surface area contributed by atoms with Gasteiger partial charge in [-0.25, -0.2) is 10.2 Å². The van der Waals surface area contributed by atoms with Crippen LogP contribution >= 0.6 is 0 Å². The molecule has 2 amide bonds. The van der Waals surface area contributed by atoms with E-state index < -0.39 is 12.1 Å². The normalized spacial score (nSPS) is 12.6. The number of aliphatic hydroxyl groups excluding tert-OH is 1. The van der Waals surface area contributed by atoms with Crippen LogP contribution in [0.1, 0.15) is 16.7 Å². The Hall–Kier alpha value is -4.37. The van der Waals surface area contributed by atoms with Crippen LogP contribution in [-0.4, -0.2) is 49.5 Å². The molecule has 0 aromatic heterocycles. The summed E-state index contributed by atoms with van der Waals surface area (Å²) in [7, 11) is 1.50. The number of nitrogens with zero attached hydrogens (tertiary/aromatic N) is 2. The van der Waals surface area contributed by atoms with Crippen LogP contribution in [0.4, 0.5) is 4.79 Å². The van der Waals surface area contributed by atoms with E-state index in [1.165, 1.54) is 13.3 Å². The van der Waals surface area contributed by atoms with Crippen LogP contribution < -0.4 is 20.6 Å². The van der Waals surface area contributed by atoms with Gasteiger partial charge in [0.15, 0.2) is 11.5 Å². The first-order valence-corrected chi connectivity index (χ1v) is 10.5. The first kappa shape index (κ1) is 22.8. The number of hydrazone groups is 1. The molecule has 0 saturated heterocycles. The van der Waals surface area contributed by atoms with Gasteiger partial charge in [-0.2, -0.15) is 5.10 Å². The molecule has 1 aliphatic rings. The second-order valence-electron chi connectivity index (χ2n) is 7.44. The average Bonchev–Trinajstić information content (AvgIpc) is 3.17. The minimum Gasteiger partial charge on any atom is -0.493 e. The molecule has 3 aromatic rings. The van der Waals surface area contributed by atoms with Crippen molar-refractivity contribution in [2.24, 2.45) is 16.0 Å². The van der Waals surface area contributed by atoms with Gasteiger partial charge in [-0.15, -0.1) is 0 Å². The molecular formula is C25H24N4O5. The molecule has 9 nitrogen and oxygen atoms in total. The number of hydrogen-bond donors (Lipinski definition) is 3. The van der Waals surface area contributed by atoms with Crippen molar-refractivity contribution in [3.8, 4) is 22.6 Å². The van der Waals surface area contributed by atoms with Gasteiger partial charge in [0.05, 0.1) is 13.3 Å². The van der Waals surface area contributed by atoms with Crippen LogP contribution in [0.5, 0.6) is 11.5 Å². The van der Waals surface area contributed by atoms with Gasteiger partial charge >= 0.3 is 6.03 Å². The summed E-state index contributed by atoms with van der Waals surface area (Å²) in [5.41, 5.74) is 12.7. The van der Waals surface area contributed by atoms with Crippen molar-refractivity contribution in [2.45, 2.75) is 6.10 Å². The number of oxime groups is 1. The minimum atomic E-state index is -0.915. The van der Waals surface area contributed by atoms with Gasteiger partial charge in [-0.1, -0.05) is 53.7 Å². The Kier molecular flexibility index (Phi) is 7.04. The highest BCUT2D eigenvalue weighted by Gasteiger charge is 2.24. The third-order valence-electron chi connectivity index (χ3n) is 5.08. The summed E-state index contributed by atoms with van der Waals surface area (Å²) in [5.74, 6) is 0.877. The Balaban J connectivity index is 1.35. The zero-order chi connectivity index (χ0) is 23.9. The van der Waals surface area contributed by atoms with Gasteiger partial charge in [-0.05, 0) is 34.9 Å². The van der Waals surface area contributed by atoms with E-state index >= 15 is 0 Å². The second kappa shape index (κ2) is 10.5. The molecule has 0 aliphatic heterocycles. The number of nitrogens with one attached hydrogen (secondary N) is 1. The Bertz CT molecular complexity index is 1190. The molecule has 1 aliphatic carbocycles. The largest absolute Gasteiger partial charge is 0.493 e. The van der Waals surface area contributed by atoms with Crippen molar-refractivity contribution in [3.05, 3.63) is 83.4 Å². The molecule has 0 bridgehead atoms. The molecule has 174 valence electrons. The lowest BCUT2D eigenvalue weighted by Gasteiger charge is -2.14. The molecule has 4 rings (SSSR count). The maximum absolute atomic E-state index is 10.7. The zero-order valence-electron chi connectivity index (χ0n) is 18.5. The summed E-state index contributed by atoms with van der Waals surface area (Å²) < 4.78 is 11.0. The maximum atomic E-state index is 10.7. The van der Waals surface area contributed by atoms with Crippen LogP contribution in [0.25, 0.3) is 11.1 Å². The van der Waals surface area contributed by atoms with Crippen molar-refractivity contribution in [3.63, 3.8) is 0 Å². The molecule has 34 heavy (non-hydrogen) atoms. The molecule has 4 N–H and O–H groups in total. The predicted octanol–water partition coefficient (Wildman–Crippen LogP) is 2.89. The highest BCUT2D eigenvalue weighted by Crippen LogP contribution is 2.36. The number of carbonyl (C=O) groups is 1. The van der Waals surface area contributed by atoms with Gasteiger partial charge in [0.25, 0.3) is 0 Å². The van der Waals surface area contributed by atoms with E-state index in [1.807, 2.05) is 36.4 Å². The quantitative estimate of drug-likeness (QED) is 0.261. The fourth-order valence-corrected chi connectivity index (χ4v) is 3.57. The van der Waals surface area contributed by atoms with Gasteiger partial charge in [0.1, 0.15) is 25.0 Å². The monoisotopic (exact) mass is 460 g/mol. The number of aliphatic hydroxyl groups is 1. The molecule has 0 saturated carbocycles. The predicted molar refractivity (Wildman–Crippen MR) is 128 cm³/mol. The minimum absolute atomic E-state index is 0.0228. The summed E-state index contributed by atoms with van der Waals surface area (Å²) in [4.78, 5) is 16.2. The number of nitrogens with two attached hydrogens (primary N) is 1. The van der Waals surface area contributed by atoms with E-state index in [0.29, 0.717) is 17.1 Å². The van der Waals surface area contributed by atoms with Crippen molar-refractivity contribution in [1.29, 1.82) is 0 Å². The van der Waals surface area contributed by atoms with E-state index in [4.69, 9.17) is 20.0 Å². The van der Waals surface area contributed by atoms with Crippen LogP contribution in [0, 0.1) is 0 Å². The fourth-order valence-electron chi connectivity index (χ4n) is 3.57. The third-order valence-corrected chi connectivity index (χ3v) is 5.08. The molecule has 9 heteroatoms. The average molecular weight is 460 g/mol. The first-order valence-electron chi connectivity index (χ1n) is 10.5. The molecule has 0 fully saturated rings. The zero-order valence-corrected chi connectivity index (χ0v) is 18.5. The summed E-state index contributed by atoms with van der Waals surface area (Å²) in [5, 5.41) is 18.3.